The number of aryl methyl sites for hydroxylation is 1. The Morgan fingerprint density at radius 2 is 2.00 bits per heavy atom. The Labute approximate surface area is 111 Å². The molecule has 2 fully saturated rings. The van der Waals surface area contributed by atoms with Gasteiger partial charge in [-0.3, -0.25) is 0 Å². The molecule has 19 heavy (non-hydrogen) atoms. The minimum atomic E-state index is -0.661. The summed E-state index contributed by atoms with van der Waals surface area (Å²) in [6.45, 7) is 5.68. The molecule has 1 aromatic rings. The van der Waals surface area contributed by atoms with Gasteiger partial charge in [-0.05, 0) is 13.8 Å². The lowest BCUT2D eigenvalue weighted by Gasteiger charge is -2.22. The zero-order valence-electron chi connectivity index (χ0n) is 11.5. The Balaban J connectivity index is 1.86. The number of hydrogen-bond acceptors (Lipinski definition) is 7. The van der Waals surface area contributed by atoms with Crippen LogP contribution in [0.15, 0.2) is 4.52 Å². The number of hydrogen-bond donors (Lipinski definition) is 0. The van der Waals surface area contributed by atoms with Gasteiger partial charge in [-0.15, -0.1) is 0 Å². The summed E-state index contributed by atoms with van der Waals surface area (Å²) in [6, 6.07) is 0. The number of rotatable bonds is 3. The van der Waals surface area contributed by atoms with E-state index in [1.165, 1.54) is 0 Å². The number of ether oxygens (including phenoxy) is 4. The molecule has 4 atom stereocenters. The first-order valence-corrected chi connectivity index (χ1v) is 6.40. The van der Waals surface area contributed by atoms with Crippen LogP contribution in [-0.2, 0) is 25.4 Å². The maximum atomic E-state index is 5.87. The van der Waals surface area contributed by atoms with Crippen molar-refractivity contribution in [2.24, 2.45) is 0 Å². The third-order valence-electron chi connectivity index (χ3n) is 3.28. The highest BCUT2D eigenvalue weighted by Crippen LogP contribution is 2.44. The van der Waals surface area contributed by atoms with Crippen LogP contribution in [0.2, 0.25) is 0 Å². The normalized spacial score (nSPS) is 36.6. The predicted molar refractivity (Wildman–Crippen MR) is 62.1 cm³/mol. The Morgan fingerprint density at radius 1 is 1.26 bits per heavy atom. The third-order valence-corrected chi connectivity index (χ3v) is 3.28. The predicted octanol–water partition coefficient (Wildman–Crippen LogP) is 1.20. The molecule has 3 rings (SSSR count). The molecular weight excluding hydrogens is 252 g/mol. The lowest BCUT2D eigenvalue weighted by molar-refractivity contribution is -0.229. The van der Waals surface area contributed by atoms with E-state index < -0.39 is 18.2 Å². The minimum Gasteiger partial charge on any atom is -0.353 e. The van der Waals surface area contributed by atoms with Gasteiger partial charge < -0.3 is 23.5 Å². The largest absolute Gasteiger partial charge is 0.353 e. The maximum Gasteiger partial charge on any atom is 0.226 e. The first kappa shape index (κ1) is 13.0. The van der Waals surface area contributed by atoms with Gasteiger partial charge in [0.2, 0.25) is 11.7 Å². The summed E-state index contributed by atoms with van der Waals surface area (Å²) in [5, 5.41) is 3.94. The van der Waals surface area contributed by atoms with E-state index in [1.807, 2.05) is 20.8 Å². The SMILES string of the molecule is CCc1nc([C@H]2O[C@@H](OC)[C@@H]3OC(C)(C)O[C@@H]32)no1. The standard InChI is InChI=1S/C12H18N2O5/c1-5-6-13-10(14-19-6)8-7-9(11(15-4)16-8)18-12(2,3)17-7/h7-9,11H,5H2,1-4H3/t7-,8+,9-,11-/m1/s1. The summed E-state index contributed by atoms with van der Waals surface area (Å²) >= 11 is 0. The van der Waals surface area contributed by atoms with Gasteiger partial charge in [0.1, 0.15) is 12.2 Å². The van der Waals surface area contributed by atoms with Crippen molar-refractivity contribution in [3.8, 4) is 0 Å². The Hall–Kier alpha value is -1.02. The Bertz CT molecular complexity index is 461. The summed E-state index contributed by atoms with van der Waals surface area (Å²) < 4.78 is 27.8. The highest BCUT2D eigenvalue weighted by atomic mass is 16.8. The average molecular weight is 270 g/mol. The molecule has 0 bridgehead atoms. The Kier molecular flexibility index (Phi) is 3.09. The highest BCUT2D eigenvalue weighted by Gasteiger charge is 2.57. The molecule has 7 nitrogen and oxygen atoms in total. The van der Waals surface area contributed by atoms with E-state index in [0.717, 1.165) is 0 Å². The van der Waals surface area contributed by atoms with Crippen LogP contribution in [0.25, 0.3) is 0 Å². The average Bonchev–Trinajstić information content (AvgIpc) is 3.01. The second-order valence-electron chi connectivity index (χ2n) is 5.13. The first-order valence-electron chi connectivity index (χ1n) is 6.40. The molecule has 0 unspecified atom stereocenters. The van der Waals surface area contributed by atoms with Gasteiger partial charge in [0.05, 0.1) is 0 Å². The number of nitrogens with zero attached hydrogens (tertiary/aromatic N) is 2. The summed E-state index contributed by atoms with van der Waals surface area (Å²) in [5.41, 5.74) is 0. The van der Waals surface area contributed by atoms with Crippen LogP contribution in [-0.4, -0.2) is 41.5 Å². The van der Waals surface area contributed by atoms with Gasteiger partial charge in [-0.25, -0.2) is 0 Å². The molecule has 0 radical (unpaired) electrons. The van der Waals surface area contributed by atoms with Gasteiger partial charge in [0.25, 0.3) is 0 Å². The molecule has 0 saturated carbocycles. The van der Waals surface area contributed by atoms with E-state index in [0.29, 0.717) is 18.1 Å². The van der Waals surface area contributed by atoms with Gasteiger partial charge in [-0.1, -0.05) is 12.1 Å². The van der Waals surface area contributed by atoms with Crippen LogP contribution in [0.1, 0.15) is 38.6 Å². The van der Waals surface area contributed by atoms with Crippen molar-refractivity contribution in [3.63, 3.8) is 0 Å². The van der Waals surface area contributed by atoms with Crippen LogP contribution in [0.3, 0.4) is 0 Å². The fourth-order valence-corrected chi connectivity index (χ4v) is 2.49. The van der Waals surface area contributed by atoms with Crippen LogP contribution < -0.4 is 0 Å². The zero-order valence-corrected chi connectivity index (χ0v) is 11.5. The number of aromatic nitrogens is 2. The fourth-order valence-electron chi connectivity index (χ4n) is 2.49. The molecule has 0 aromatic carbocycles. The van der Waals surface area contributed by atoms with E-state index in [4.69, 9.17) is 23.5 Å². The molecule has 7 heteroatoms. The highest BCUT2D eigenvalue weighted by molar-refractivity contribution is 5.04. The quantitative estimate of drug-likeness (QED) is 0.816. The molecule has 2 saturated heterocycles. The molecule has 0 amide bonds. The van der Waals surface area contributed by atoms with Crippen molar-refractivity contribution in [1.82, 2.24) is 10.1 Å². The van der Waals surface area contributed by atoms with Crippen LogP contribution in [0.5, 0.6) is 0 Å². The van der Waals surface area contributed by atoms with Gasteiger partial charge in [0.15, 0.2) is 18.2 Å². The summed E-state index contributed by atoms with van der Waals surface area (Å²) in [7, 11) is 1.58. The molecule has 0 spiro atoms. The van der Waals surface area contributed by atoms with Crippen molar-refractivity contribution in [1.29, 1.82) is 0 Å². The van der Waals surface area contributed by atoms with E-state index in [9.17, 15) is 0 Å². The van der Waals surface area contributed by atoms with E-state index in [2.05, 4.69) is 10.1 Å². The Morgan fingerprint density at radius 3 is 2.63 bits per heavy atom. The number of fused-ring (bicyclic) bond motifs is 1. The van der Waals surface area contributed by atoms with Crippen LogP contribution in [0, 0.1) is 0 Å². The first-order chi connectivity index (χ1) is 9.04. The van der Waals surface area contributed by atoms with E-state index in [1.54, 1.807) is 7.11 Å². The molecule has 3 heterocycles. The van der Waals surface area contributed by atoms with Crippen molar-refractivity contribution >= 4 is 0 Å². The monoisotopic (exact) mass is 270 g/mol. The van der Waals surface area contributed by atoms with E-state index in [-0.39, 0.29) is 12.2 Å². The molecule has 106 valence electrons. The minimum absolute atomic E-state index is 0.284. The smallest absolute Gasteiger partial charge is 0.226 e. The number of methoxy groups -OCH3 is 1. The van der Waals surface area contributed by atoms with Gasteiger partial charge in [-0.2, -0.15) is 4.98 Å². The van der Waals surface area contributed by atoms with Gasteiger partial charge in [0, 0.05) is 13.5 Å². The van der Waals surface area contributed by atoms with Crippen molar-refractivity contribution in [2.45, 2.75) is 57.6 Å². The van der Waals surface area contributed by atoms with Crippen LogP contribution >= 0.6 is 0 Å². The molecule has 1 aromatic heterocycles. The van der Waals surface area contributed by atoms with Crippen molar-refractivity contribution in [3.05, 3.63) is 11.7 Å². The molecule has 0 aliphatic carbocycles. The van der Waals surface area contributed by atoms with Crippen molar-refractivity contribution < 1.29 is 23.5 Å². The second-order valence-corrected chi connectivity index (χ2v) is 5.13. The van der Waals surface area contributed by atoms with Crippen molar-refractivity contribution in [2.75, 3.05) is 7.11 Å². The lowest BCUT2D eigenvalue weighted by atomic mass is 10.1. The second kappa shape index (κ2) is 4.52. The topological polar surface area (TPSA) is 75.8 Å². The van der Waals surface area contributed by atoms with E-state index >= 15 is 0 Å². The summed E-state index contributed by atoms with van der Waals surface area (Å²) in [6.07, 6.45) is -0.804. The van der Waals surface area contributed by atoms with Crippen LogP contribution in [0.4, 0.5) is 0 Å². The fraction of sp³-hybridized carbons (Fsp3) is 0.833. The molecule has 2 aliphatic rings. The summed E-state index contributed by atoms with van der Waals surface area (Å²) in [4.78, 5) is 4.29. The molecule has 0 N–H and O–H groups in total. The summed E-state index contributed by atoms with van der Waals surface area (Å²) in [5.74, 6) is 0.396. The third kappa shape index (κ3) is 2.16. The molecule has 2 aliphatic heterocycles. The zero-order chi connectivity index (χ0) is 13.6. The lowest BCUT2D eigenvalue weighted by Crippen LogP contribution is -2.30. The van der Waals surface area contributed by atoms with Gasteiger partial charge >= 0.3 is 0 Å². The maximum absolute atomic E-state index is 5.87. The molecular formula is C12H18N2O5.